The van der Waals surface area contributed by atoms with Gasteiger partial charge in [-0.3, -0.25) is 0 Å². The van der Waals surface area contributed by atoms with Crippen LogP contribution in [0.5, 0.6) is 0 Å². The molecule has 0 amide bonds. The van der Waals surface area contributed by atoms with E-state index in [1.807, 2.05) is 34.7 Å². The van der Waals surface area contributed by atoms with Gasteiger partial charge in [0.2, 0.25) is 0 Å². The maximum absolute atomic E-state index is 5.22. The molecule has 0 aromatic carbocycles. The fourth-order valence-corrected chi connectivity index (χ4v) is 1.59. The Balaban J connectivity index is 2.52. The summed E-state index contributed by atoms with van der Waals surface area (Å²) in [5.74, 6) is 0.428. The first-order chi connectivity index (χ1) is 6.27. The topological polar surface area (TPSA) is 51.8 Å². The molecule has 0 saturated heterocycles. The Morgan fingerprint density at radius 1 is 1.38 bits per heavy atom. The van der Waals surface area contributed by atoms with Crippen LogP contribution in [0.3, 0.4) is 0 Å². The third-order valence-corrected chi connectivity index (χ3v) is 2.44. The summed E-state index contributed by atoms with van der Waals surface area (Å²) < 4.78 is 6.57. The molecule has 0 aliphatic heterocycles. The summed E-state index contributed by atoms with van der Waals surface area (Å²) in [6.45, 7) is 0. The molecule has 0 unspecified atom stereocenters. The van der Waals surface area contributed by atoms with E-state index < -0.39 is 0 Å². The van der Waals surface area contributed by atoms with Crippen molar-refractivity contribution < 1.29 is 4.42 Å². The Morgan fingerprint density at radius 3 is 2.85 bits per heavy atom. The molecular formula is C7H3BrIN3O. The second-order valence-electron chi connectivity index (χ2n) is 2.19. The van der Waals surface area contributed by atoms with E-state index in [0.29, 0.717) is 15.5 Å². The molecule has 0 bridgehead atoms. The molecule has 2 heterocycles. The van der Waals surface area contributed by atoms with E-state index in [1.54, 1.807) is 6.20 Å². The minimum absolute atomic E-state index is 0.428. The van der Waals surface area contributed by atoms with E-state index in [4.69, 9.17) is 4.42 Å². The molecule has 0 N–H and O–H groups in total. The quantitative estimate of drug-likeness (QED) is 0.741. The van der Waals surface area contributed by atoms with Gasteiger partial charge in [-0.25, -0.2) is 4.98 Å². The highest BCUT2D eigenvalue weighted by molar-refractivity contribution is 14.1. The number of aromatic nitrogens is 3. The fourth-order valence-electron chi connectivity index (χ4n) is 0.844. The zero-order valence-electron chi connectivity index (χ0n) is 6.24. The van der Waals surface area contributed by atoms with Crippen LogP contribution < -0.4 is 0 Å². The summed E-state index contributed by atoms with van der Waals surface area (Å²) in [6.07, 6.45) is 1.68. The zero-order chi connectivity index (χ0) is 9.26. The number of hydrogen-bond acceptors (Lipinski definition) is 4. The normalized spacial score (nSPS) is 10.3. The van der Waals surface area contributed by atoms with Gasteiger partial charge >= 0.3 is 0 Å². The SMILES string of the molecule is Brc1cccnc1-c1nnc(I)o1. The zero-order valence-corrected chi connectivity index (χ0v) is 9.98. The lowest BCUT2D eigenvalue weighted by Gasteiger charge is -1.94. The summed E-state index contributed by atoms with van der Waals surface area (Å²) in [6, 6.07) is 3.70. The van der Waals surface area contributed by atoms with Crippen molar-refractivity contribution in [2.45, 2.75) is 0 Å². The van der Waals surface area contributed by atoms with E-state index in [1.165, 1.54) is 0 Å². The molecule has 0 atom stereocenters. The van der Waals surface area contributed by atoms with Crippen LogP contribution in [0.25, 0.3) is 11.6 Å². The van der Waals surface area contributed by atoms with E-state index in [2.05, 4.69) is 31.1 Å². The highest BCUT2D eigenvalue weighted by atomic mass is 127. The molecule has 66 valence electrons. The molecular weight excluding hydrogens is 349 g/mol. The maximum atomic E-state index is 5.22. The minimum atomic E-state index is 0.428. The highest BCUT2D eigenvalue weighted by Gasteiger charge is 2.10. The van der Waals surface area contributed by atoms with Crippen molar-refractivity contribution in [1.82, 2.24) is 15.2 Å². The maximum Gasteiger partial charge on any atom is 0.278 e. The van der Waals surface area contributed by atoms with Gasteiger partial charge in [0.1, 0.15) is 5.69 Å². The van der Waals surface area contributed by atoms with E-state index in [0.717, 1.165) is 4.47 Å². The third-order valence-electron chi connectivity index (χ3n) is 1.36. The van der Waals surface area contributed by atoms with Gasteiger partial charge in [0, 0.05) is 33.3 Å². The Morgan fingerprint density at radius 2 is 2.23 bits per heavy atom. The predicted octanol–water partition coefficient (Wildman–Crippen LogP) is 2.50. The van der Waals surface area contributed by atoms with Crippen molar-refractivity contribution in [2.75, 3.05) is 0 Å². The Hall–Kier alpha value is -0.500. The first-order valence-corrected chi connectivity index (χ1v) is 5.24. The minimum Gasteiger partial charge on any atom is -0.410 e. The second-order valence-corrected chi connectivity index (χ2v) is 3.97. The van der Waals surface area contributed by atoms with Gasteiger partial charge in [0.15, 0.2) is 0 Å². The van der Waals surface area contributed by atoms with Gasteiger partial charge in [-0.2, -0.15) is 0 Å². The average Bonchev–Trinajstić information content (AvgIpc) is 2.53. The number of pyridine rings is 1. The Labute approximate surface area is 96.0 Å². The molecule has 6 heteroatoms. The Bertz CT molecular complexity index is 431. The molecule has 0 aliphatic rings. The smallest absolute Gasteiger partial charge is 0.278 e. The molecule has 0 radical (unpaired) electrons. The number of nitrogens with zero attached hydrogens (tertiary/aromatic N) is 3. The van der Waals surface area contributed by atoms with Crippen molar-refractivity contribution >= 4 is 38.5 Å². The largest absolute Gasteiger partial charge is 0.410 e. The lowest BCUT2D eigenvalue weighted by molar-refractivity contribution is 0.534. The van der Waals surface area contributed by atoms with Crippen molar-refractivity contribution in [3.63, 3.8) is 0 Å². The van der Waals surface area contributed by atoms with Crippen molar-refractivity contribution in [3.8, 4) is 11.6 Å². The summed E-state index contributed by atoms with van der Waals surface area (Å²) >= 11 is 5.31. The van der Waals surface area contributed by atoms with Crippen molar-refractivity contribution in [3.05, 3.63) is 26.7 Å². The van der Waals surface area contributed by atoms with Gasteiger partial charge in [-0.15, -0.1) is 10.2 Å². The van der Waals surface area contributed by atoms with Crippen LogP contribution in [0.2, 0.25) is 0 Å². The van der Waals surface area contributed by atoms with Crippen LogP contribution in [0.4, 0.5) is 0 Å². The third kappa shape index (κ3) is 1.88. The highest BCUT2D eigenvalue weighted by Crippen LogP contribution is 2.24. The number of hydrogen-bond donors (Lipinski definition) is 0. The lowest BCUT2D eigenvalue weighted by Crippen LogP contribution is -1.83. The molecule has 2 aromatic heterocycles. The first kappa shape index (κ1) is 9.07. The average molecular weight is 352 g/mol. The molecule has 0 fully saturated rings. The lowest BCUT2D eigenvalue weighted by atomic mass is 10.3. The Kier molecular flexibility index (Phi) is 2.58. The van der Waals surface area contributed by atoms with Crippen LogP contribution in [0, 0.1) is 3.90 Å². The van der Waals surface area contributed by atoms with E-state index in [9.17, 15) is 0 Å². The molecule has 4 nitrogen and oxygen atoms in total. The number of halogens is 2. The summed E-state index contributed by atoms with van der Waals surface area (Å²) in [5.41, 5.74) is 0.665. The van der Waals surface area contributed by atoms with Crippen LogP contribution in [0.1, 0.15) is 0 Å². The molecule has 0 spiro atoms. The molecule has 0 saturated carbocycles. The summed E-state index contributed by atoms with van der Waals surface area (Å²) in [4.78, 5) is 4.12. The van der Waals surface area contributed by atoms with Gasteiger partial charge in [-0.1, -0.05) is 0 Å². The summed E-state index contributed by atoms with van der Waals surface area (Å²) in [5, 5.41) is 7.57. The predicted molar refractivity (Wildman–Crippen MR) is 57.9 cm³/mol. The number of rotatable bonds is 1. The molecule has 0 aliphatic carbocycles. The van der Waals surface area contributed by atoms with Gasteiger partial charge < -0.3 is 4.42 Å². The van der Waals surface area contributed by atoms with Crippen LogP contribution >= 0.6 is 38.5 Å². The van der Waals surface area contributed by atoms with Crippen LogP contribution in [-0.4, -0.2) is 15.2 Å². The van der Waals surface area contributed by atoms with Gasteiger partial charge in [-0.05, 0) is 28.1 Å². The molecule has 2 aromatic rings. The van der Waals surface area contributed by atoms with Crippen LogP contribution in [0.15, 0.2) is 27.2 Å². The van der Waals surface area contributed by atoms with Crippen LogP contribution in [-0.2, 0) is 0 Å². The second kappa shape index (κ2) is 3.70. The van der Waals surface area contributed by atoms with Gasteiger partial charge in [0.25, 0.3) is 9.79 Å². The monoisotopic (exact) mass is 351 g/mol. The fraction of sp³-hybridized carbons (Fsp3) is 0. The first-order valence-electron chi connectivity index (χ1n) is 3.37. The van der Waals surface area contributed by atoms with Crippen molar-refractivity contribution in [2.24, 2.45) is 0 Å². The molecule has 2 rings (SSSR count). The van der Waals surface area contributed by atoms with Crippen molar-refractivity contribution in [1.29, 1.82) is 0 Å². The summed E-state index contributed by atoms with van der Waals surface area (Å²) in [7, 11) is 0. The standard InChI is InChI=1S/C7H3BrIN3O/c8-4-2-1-3-10-5(4)6-11-12-7(9)13-6/h1-3H. The van der Waals surface area contributed by atoms with E-state index in [-0.39, 0.29) is 0 Å². The van der Waals surface area contributed by atoms with E-state index >= 15 is 0 Å². The molecule has 13 heavy (non-hydrogen) atoms. The van der Waals surface area contributed by atoms with Gasteiger partial charge in [0.05, 0.1) is 0 Å².